The second kappa shape index (κ2) is 4.41. The van der Waals surface area contributed by atoms with Crippen molar-refractivity contribution in [3.63, 3.8) is 0 Å². The van der Waals surface area contributed by atoms with Crippen LogP contribution >= 0.6 is 11.8 Å². The Hall–Kier alpha value is -0.480. The predicted octanol–water partition coefficient (Wildman–Crippen LogP) is 2.01. The highest BCUT2D eigenvalue weighted by molar-refractivity contribution is 7.99. The fourth-order valence-electron chi connectivity index (χ4n) is 2.75. The molecular weight excluding hydrogens is 220 g/mol. The Labute approximate surface area is 100 Å². The third-order valence-electron chi connectivity index (χ3n) is 3.70. The number of rotatable bonds is 2. The number of thioether (sulfide) groups is 1. The van der Waals surface area contributed by atoms with Crippen molar-refractivity contribution in [1.29, 1.82) is 0 Å². The number of fused-ring (bicyclic) bond motifs is 1. The Morgan fingerprint density at radius 3 is 3.19 bits per heavy atom. The van der Waals surface area contributed by atoms with Crippen LogP contribution in [0.5, 0.6) is 0 Å². The van der Waals surface area contributed by atoms with E-state index < -0.39 is 0 Å². The third-order valence-corrected chi connectivity index (χ3v) is 5.08. The molecule has 0 aromatic carbocycles. The summed E-state index contributed by atoms with van der Waals surface area (Å²) in [5, 5.41) is 9.83. The van der Waals surface area contributed by atoms with Crippen LogP contribution < -0.4 is 0 Å². The Balaban J connectivity index is 1.84. The molecule has 88 valence electrons. The SMILES string of the molecule is OCC1CCn2c(cnc2C2CCCS2)C1. The van der Waals surface area contributed by atoms with Gasteiger partial charge < -0.3 is 9.67 Å². The lowest BCUT2D eigenvalue weighted by Gasteiger charge is -2.24. The lowest BCUT2D eigenvalue weighted by Crippen LogP contribution is -2.22. The average Bonchev–Trinajstić information content (AvgIpc) is 2.96. The van der Waals surface area contributed by atoms with Crippen molar-refractivity contribution < 1.29 is 5.11 Å². The maximum Gasteiger partial charge on any atom is 0.122 e. The van der Waals surface area contributed by atoms with Gasteiger partial charge in [0.05, 0.1) is 5.25 Å². The van der Waals surface area contributed by atoms with Crippen LogP contribution in [-0.2, 0) is 13.0 Å². The maximum atomic E-state index is 9.20. The largest absolute Gasteiger partial charge is 0.396 e. The summed E-state index contributed by atoms with van der Waals surface area (Å²) in [5.41, 5.74) is 1.33. The standard InChI is InChI=1S/C12H18N2OS/c15-8-9-3-4-14-10(6-9)7-13-12(14)11-2-1-5-16-11/h7,9,11,15H,1-6,8H2. The summed E-state index contributed by atoms with van der Waals surface area (Å²) < 4.78 is 2.40. The second-order valence-electron chi connectivity index (χ2n) is 4.80. The molecule has 3 heterocycles. The van der Waals surface area contributed by atoms with Gasteiger partial charge in [-0.15, -0.1) is 0 Å². The summed E-state index contributed by atoms with van der Waals surface area (Å²) >= 11 is 2.05. The van der Waals surface area contributed by atoms with E-state index in [9.17, 15) is 5.11 Å². The van der Waals surface area contributed by atoms with Crippen molar-refractivity contribution in [1.82, 2.24) is 9.55 Å². The summed E-state index contributed by atoms with van der Waals surface area (Å²) in [6.07, 6.45) is 6.74. The van der Waals surface area contributed by atoms with Gasteiger partial charge in [-0.1, -0.05) is 0 Å². The molecule has 2 atom stereocenters. The predicted molar refractivity (Wildman–Crippen MR) is 65.6 cm³/mol. The van der Waals surface area contributed by atoms with Gasteiger partial charge in [0.25, 0.3) is 0 Å². The van der Waals surface area contributed by atoms with E-state index in [2.05, 4.69) is 9.55 Å². The number of aliphatic hydroxyl groups is 1. The molecule has 1 fully saturated rings. The molecule has 0 aliphatic carbocycles. The molecule has 3 rings (SSSR count). The molecule has 0 saturated carbocycles. The fourth-order valence-corrected chi connectivity index (χ4v) is 4.04. The first kappa shape index (κ1) is 10.7. The topological polar surface area (TPSA) is 38.0 Å². The first-order valence-electron chi connectivity index (χ1n) is 6.15. The molecule has 1 saturated heterocycles. The number of hydrogen-bond acceptors (Lipinski definition) is 3. The number of hydrogen-bond donors (Lipinski definition) is 1. The van der Waals surface area contributed by atoms with Crippen molar-refractivity contribution in [3.05, 3.63) is 17.7 Å². The molecule has 1 aromatic heterocycles. The van der Waals surface area contributed by atoms with Gasteiger partial charge in [0.15, 0.2) is 0 Å². The van der Waals surface area contributed by atoms with E-state index in [1.165, 1.54) is 30.1 Å². The molecule has 3 nitrogen and oxygen atoms in total. The van der Waals surface area contributed by atoms with Gasteiger partial charge in [-0.2, -0.15) is 11.8 Å². The van der Waals surface area contributed by atoms with Gasteiger partial charge >= 0.3 is 0 Å². The quantitative estimate of drug-likeness (QED) is 0.856. The minimum absolute atomic E-state index is 0.318. The number of aromatic nitrogens is 2. The van der Waals surface area contributed by atoms with Crippen molar-refractivity contribution >= 4 is 11.8 Å². The number of nitrogens with zero attached hydrogens (tertiary/aromatic N) is 2. The van der Waals surface area contributed by atoms with E-state index in [0.717, 1.165) is 19.4 Å². The van der Waals surface area contributed by atoms with Crippen LogP contribution in [0.2, 0.25) is 0 Å². The zero-order valence-corrected chi connectivity index (χ0v) is 10.2. The Morgan fingerprint density at radius 2 is 2.44 bits per heavy atom. The molecule has 4 heteroatoms. The normalized spacial score (nSPS) is 29.3. The molecule has 1 aromatic rings. The number of aliphatic hydroxyl groups excluding tert-OH is 1. The van der Waals surface area contributed by atoms with Crippen LogP contribution in [0.1, 0.15) is 36.0 Å². The third kappa shape index (κ3) is 1.78. The van der Waals surface area contributed by atoms with Crippen LogP contribution in [0.25, 0.3) is 0 Å². The van der Waals surface area contributed by atoms with Crippen LogP contribution in [0, 0.1) is 5.92 Å². The molecule has 2 unspecified atom stereocenters. The van der Waals surface area contributed by atoms with Gasteiger partial charge in [-0.25, -0.2) is 4.98 Å². The Kier molecular flexibility index (Phi) is 2.94. The lowest BCUT2D eigenvalue weighted by atomic mass is 9.97. The highest BCUT2D eigenvalue weighted by Gasteiger charge is 2.27. The van der Waals surface area contributed by atoms with Gasteiger partial charge in [0, 0.05) is 25.0 Å². The van der Waals surface area contributed by atoms with Gasteiger partial charge in [-0.3, -0.25) is 0 Å². The Morgan fingerprint density at radius 1 is 1.50 bits per heavy atom. The zero-order chi connectivity index (χ0) is 11.0. The van der Waals surface area contributed by atoms with Crippen molar-refractivity contribution in [2.24, 2.45) is 5.92 Å². The summed E-state index contributed by atoms with van der Waals surface area (Å²) in [4.78, 5) is 4.61. The molecule has 0 spiro atoms. The smallest absolute Gasteiger partial charge is 0.122 e. The average molecular weight is 238 g/mol. The zero-order valence-electron chi connectivity index (χ0n) is 9.43. The molecule has 16 heavy (non-hydrogen) atoms. The van der Waals surface area contributed by atoms with Gasteiger partial charge in [-0.05, 0) is 37.4 Å². The first-order valence-corrected chi connectivity index (χ1v) is 7.20. The molecule has 0 radical (unpaired) electrons. The van der Waals surface area contributed by atoms with E-state index in [1.54, 1.807) is 0 Å². The summed E-state index contributed by atoms with van der Waals surface area (Å²) in [7, 11) is 0. The molecular formula is C12H18N2OS. The van der Waals surface area contributed by atoms with Crippen LogP contribution in [0.3, 0.4) is 0 Å². The van der Waals surface area contributed by atoms with Crippen LogP contribution in [0.4, 0.5) is 0 Å². The molecule has 2 aliphatic rings. The van der Waals surface area contributed by atoms with Crippen molar-refractivity contribution in [2.45, 2.75) is 37.5 Å². The van der Waals surface area contributed by atoms with Gasteiger partial charge in [0.2, 0.25) is 0 Å². The molecule has 1 N–H and O–H groups in total. The van der Waals surface area contributed by atoms with E-state index >= 15 is 0 Å². The van der Waals surface area contributed by atoms with E-state index in [1.807, 2.05) is 18.0 Å². The van der Waals surface area contributed by atoms with E-state index in [0.29, 0.717) is 17.8 Å². The summed E-state index contributed by atoms with van der Waals surface area (Å²) in [6, 6.07) is 0. The highest BCUT2D eigenvalue weighted by Crippen LogP contribution is 2.40. The van der Waals surface area contributed by atoms with E-state index in [4.69, 9.17) is 0 Å². The molecule has 0 amide bonds. The maximum absolute atomic E-state index is 9.20. The number of imidazole rings is 1. The summed E-state index contributed by atoms with van der Waals surface area (Å²) in [6.45, 7) is 1.37. The fraction of sp³-hybridized carbons (Fsp3) is 0.750. The molecule has 2 aliphatic heterocycles. The Bertz CT molecular complexity index is 371. The highest BCUT2D eigenvalue weighted by atomic mass is 32.2. The van der Waals surface area contributed by atoms with E-state index in [-0.39, 0.29) is 0 Å². The second-order valence-corrected chi connectivity index (χ2v) is 6.11. The van der Waals surface area contributed by atoms with Gasteiger partial charge in [0.1, 0.15) is 5.82 Å². The minimum atomic E-state index is 0.318. The monoisotopic (exact) mass is 238 g/mol. The molecule has 0 bridgehead atoms. The summed E-state index contributed by atoms with van der Waals surface area (Å²) in [5.74, 6) is 3.02. The van der Waals surface area contributed by atoms with Crippen molar-refractivity contribution in [2.75, 3.05) is 12.4 Å². The van der Waals surface area contributed by atoms with Crippen molar-refractivity contribution in [3.8, 4) is 0 Å². The van der Waals surface area contributed by atoms with Crippen LogP contribution in [-0.4, -0.2) is 27.0 Å². The first-order chi connectivity index (χ1) is 7.88. The lowest BCUT2D eigenvalue weighted by molar-refractivity contribution is 0.200. The minimum Gasteiger partial charge on any atom is -0.396 e. The van der Waals surface area contributed by atoms with Crippen LogP contribution in [0.15, 0.2) is 6.20 Å².